The molecule has 0 aromatic heterocycles. The highest BCUT2D eigenvalue weighted by molar-refractivity contribution is 6.04. The lowest BCUT2D eigenvalue weighted by atomic mass is 10.1. The van der Waals surface area contributed by atoms with Crippen LogP contribution in [0.25, 0.3) is 0 Å². The van der Waals surface area contributed by atoms with Gasteiger partial charge in [-0.25, -0.2) is 4.39 Å². The number of nitrogens with one attached hydrogen (secondary N) is 1. The Balaban J connectivity index is 1.73. The zero-order valence-corrected chi connectivity index (χ0v) is 11.2. The van der Waals surface area contributed by atoms with Crippen molar-refractivity contribution in [2.75, 3.05) is 18.5 Å². The number of hydrogen-bond donors (Lipinski definition) is 1. The molecule has 0 unspecified atom stereocenters. The fourth-order valence-corrected chi connectivity index (χ4v) is 2.12. The normalized spacial score (nSPS) is 15.1. The Hall–Kier alpha value is -2.24. The quantitative estimate of drug-likeness (QED) is 0.943. The highest BCUT2D eigenvalue weighted by Crippen LogP contribution is 2.25. The van der Waals surface area contributed by atoms with Gasteiger partial charge < -0.3 is 14.8 Å². The van der Waals surface area contributed by atoms with E-state index >= 15 is 0 Å². The molecule has 2 aromatic rings. The number of ether oxygens (including phenoxy) is 2. The van der Waals surface area contributed by atoms with E-state index in [2.05, 4.69) is 5.32 Å². The van der Waals surface area contributed by atoms with Gasteiger partial charge in [-0.05, 0) is 36.4 Å². The smallest absolute Gasteiger partial charge is 0.255 e. The van der Waals surface area contributed by atoms with Crippen molar-refractivity contribution in [1.82, 2.24) is 0 Å². The molecule has 1 heterocycles. The lowest BCUT2D eigenvalue weighted by Crippen LogP contribution is -2.12. The largest absolute Gasteiger partial charge is 0.346 e. The minimum Gasteiger partial charge on any atom is -0.346 e. The first-order valence-electron chi connectivity index (χ1n) is 6.62. The molecular formula is C16H14FNO3. The maximum atomic E-state index is 12.8. The monoisotopic (exact) mass is 287 g/mol. The Labute approximate surface area is 121 Å². The molecule has 0 spiro atoms. The average molecular weight is 287 g/mol. The summed E-state index contributed by atoms with van der Waals surface area (Å²) >= 11 is 0. The Morgan fingerprint density at radius 3 is 2.52 bits per heavy atom. The van der Waals surface area contributed by atoms with E-state index in [9.17, 15) is 9.18 Å². The lowest BCUT2D eigenvalue weighted by Gasteiger charge is -2.11. The molecule has 1 amide bonds. The van der Waals surface area contributed by atoms with E-state index in [0.717, 1.165) is 5.56 Å². The number of hydrogen-bond acceptors (Lipinski definition) is 3. The molecule has 0 aliphatic carbocycles. The molecule has 1 aliphatic heterocycles. The van der Waals surface area contributed by atoms with Crippen LogP contribution in [0.2, 0.25) is 0 Å². The van der Waals surface area contributed by atoms with Gasteiger partial charge in [0.2, 0.25) is 0 Å². The summed E-state index contributed by atoms with van der Waals surface area (Å²) in [7, 11) is 0. The second kappa shape index (κ2) is 6.03. The molecule has 1 aliphatic rings. The molecule has 2 aromatic carbocycles. The van der Waals surface area contributed by atoms with Crippen LogP contribution in [0.3, 0.4) is 0 Å². The van der Waals surface area contributed by atoms with Crippen molar-refractivity contribution in [2.45, 2.75) is 6.29 Å². The van der Waals surface area contributed by atoms with Gasteiger partial charge in [0.05, 0.1) is 13.2 Å². The van der Waals surface area contributed by atoms with Gasteiger partial charge in [-0.3, -0.25) is 4.79 Å². The van der Waals surface area contributed by atoms with E-state index in [4.69, 9.17) is 9.47 Å². The van der Waals surface area contributed by atoms with E-state index in [1.54, 1.807) is 12.1 Å². The average Bonchev–Trinajstić information content (AvgIpc) is 3.02. The topological polar surface area (TPSA) is 47.6 Å². The summed E-state index contributed by atoms with van der Waals surface area (Å²) in [4.78, 5) is 12.1. The Bertz CT molecular complexity index is 636. The summed E-state index contributed by atoms with van der Waals surface area (Å²) in [6.07, 6.45) is -0.382. The molecule has 1 saturated heterocycles. The first-order chi connectivity index (χ1) is 10.2. The third-order valence-corrected chi connectivity index (χ3v) is 3.14. The summed E-state index contributed by atoms with van der Waals surface area (Å²) in [6, 6.07) is 12.7. The molecule has 3 rings (SSSR count). The van der Waals surface area contributed by atoms with Crippen molar-refractivity contribution in [3.05, 3.63) is 65.5 Å². The van der Waals surface area contributed by atoms with Gasteiger partial charge in [-0.15, -0.1) is 0 Å². The van der Waals surface area contributed by atoms with Crippen molar-refractivity contribution in [1.29, 1.82) is 0 Å². The van der Waals surface area contributed by atoms with Gasteiger partial charge >= 0.3 is 0 Å². The van der Waals surface area contributed by atoms with E-state index in [1.165, 1.54) is 24.3 Å². The maximum Gasteiger partial charge on any atom is 0.255 e. The molecule has 0 saturated carbocycles. The lowest BCUT2D eigenvalue weighted by molar-refractivity contribution is -0.0440. The van der Waals surface area contributed by atoms with Crippen LogP contribution in [0.15, 0.2) is 48.5 Å². The molecule has 0 bridgehead atoms. The second-order valence-electron chi connectivity index (χ2n) is 4.66. The number of halogens is 1. The van der Waals surface area contributed by atoms with Crippen molar-refractivity contribution < 1.29 is 18.7 Å². The Kier molecular flexibility index (Phi) is 3.94. The van der Waals surface area contributed by atoms with Crippen LogP contribution in [0.1, 0.15) is 22.2 Å². The van der Waals surface area contributed by atoms with Crippen LogP contribution in [-0.2, 0) is 9.47 Å². The maximum absolute atomic E-state index is 12.8. The minimum atomic E-state index is -0.382. The van der Waals surface area contributed by atoms with Crippen LogP contribution in [0.4, 0.5) is 10.1 Å². The van der Waals surface area contributed by atoms with Crippen LogP contribution < -0.4 is 5.32 Å². The Morgan fingerprint density at radius 2 is 1.81 bits per heavy atom. The van der Waals surface area contributed by atoms with Crippen LogP contribution in [0.5, 0.6) is 0 Å². The number of anilines is 1. The van der Waals surface area contributed by atoms with Gasteiger partial charge in [0.25, 0.3) is 5.91 Å². The summed E-state index contributed by atoms with van der Waals surface area (Å²) < 4.78 is 23.7. The molecule has 1 N–H and O–H groups in total. The summed E-state index contributed by atoms with van der Waals surface area (Å²) in [5, 5.41) is 2.77. The predicted molar refractivity (Wildman–Crippen MR) is 75.4 cm³/mol. The van der Waals surface area contributed by atoms with Gasteiger partial charge in [0, 0.05) is 16.8 Å². The number of amides is 1. The van der Waals surface area contributed by atoms with Gasteiger partial charge in [-0.1, -0.05) is 12.1 Å². The van der Waals surface area contributed by atoms with Crippen molar-refractivity contribution in [3.63, 3.8) is 0 Å². The highest BCUT2D eigenvalue weighted by Gasteiger charge is 2.18. The zero-order valence-electron chi connectivity index (χ0n) is 11.2. The van der Waals surface area contributed by atoms with Crippen molar-refractivity contribution in [3.8, 4) is 0 Å². The van der Waals surface area contributed by atoms with Gasteiger partial charge in [0.1, 0.15) is 5.82 Å². The number of carbonyl (C=O) groups is 1. The highest BCUT2D eigenvalue weighted by atomic mass is 19.1. The summed E-state index contributed by atoms with van der Waals surface area (Å²) in [5.41, 5.74) is 1.89. The van der Waals surface area contributed by atoms with E-state index in [0.29, 0.717) is 24.5 Å². The molecular weight excluding hydrogens is 273 g/mol. The molecule has 0 radical (unpaired) electrons. The zero-order chi connectivity index (χ0) is 14.7. The fourth-order valence-electron chi connectivity index (χ4n) is 2.12. The predicted octanol–water partition coefficient (Wildman–Crippen LogP) is 3.12. The summed E-state index contributed by atoms with van der Waals surface area (Å²) in [6.45, 7) is 1.13. The number of benzene rings is 2. The number of carbonyl (C=O) groups excluding carboxylic acids is 1. The van der Waals surface area contributed by atoms with Crippen LogP contribution in [0, 0.1) is 5.82 Å². The Morgan fingerprint density at radius 1 is 1.10 bits per heavy atom. The molecule has 21 heavy (non-hydrogen) atoms. The summed E-state index contributed by atoms with van der Waals surface area (Å²) in [5.74, 6) is -0.663. The fraction of sp³-hybridized carbons (Fsp3) is 0.188. The molecule has 5 heteroatoms. The minimum absolute atomic E-state index is 0.291. The van der Waals surface area contributed by atoms with Crippen LogP contribution in [-0.4, -0.2) is 19.1 Å². The van der Waals surface area contributed by atoms with E-state index in [1.807, 2.05) is 12.1 Å². The third-order valence-electron chi connectivity index (χ3n) is 3.14. The van der Waals surface area contributed by atoms with Gasteiger partial charge in [-0.2, -0.15) is 0 Å². The molecule has 1 fully saturated rings. The van der Waals surface area contributed by atoms with E-state index in [-0.39, 0.29) is 18.0 Å². The second-order valence-corrected chi connectivity index (χ2v) is 4.66. The SMILES string of the molecule is O=C(Nc1cccc(C2OCCO2)c1)c1ccc(F)cc1. The van der Waals surface area contributed by atoms with E-state index < -0.39 is 0 Å². The standard InChI is InChI=1S/C16H14FNO3/c17-13-6-4-11(5-7-13)15(19)18-14-3-1-2-12(10-14)16-20-8-9-21-16/h1-7,10,16H,8-9H2,(H,18,19). The van der Waals surface area contributed by atoms with Crippen molar-refractivity contribution in [2.24, 2.45) is 0 Å². The van der Waals surface area contributed by atoms with Crippen molar-refractivity contribution >= 4 is 11.6 Å². The molecule has 108 valence electrons. The third kappa shape index (κ3) is 3.26. The number of rotatable bonds is 3. The first-order valence-corrected chi connectivity index (χ1v) is 6.62. The van der Waals surface area contributed by atoms with Crippen LogP contribution >= 0.6 is 0 Å². The molecule has 4 nitrogen and oxygen atoms in total. The van der Waals surface area contributed by atoms with Gasteiger partial charge in [0.15, 0.2) is 6.29 Å². The first kappa shape index (κ1) is 13.7. The molecule has 0 atom stereocenters.